The number of carbonyl (C=O) groups excluding carboxylic acids is 1. The Morgan fingerprint density at radius 1 is 1.07 bits per heavy atom. The molecule has 0 aliphatic carbocycles. The first-order valence-electron chi connectivity index (χ1n) is 9.74. The van der Waals surface area contributed by atoms with Gasteiger partial charge in [-0.25, -0.2) is 0 Å². The van der Waals surface area contributed by atoms with Crippen molar-refractivity contribution in [1.29, 1.82) is 0 Å². The van der Waals surface area contributed by atoms with Gasteiger partial charge in [0.05, 0.1) is 5.39 Å². The number of pyridine rings is 1. The smallest absolute Gasteiger partial charge is 0.289 e. The van der Waals surface area contributed by atoms with Crippen molar-refractivity contribution in [2.24, 2.45) is 0 Å². The van der Waals surface area contributed by atoms with Crippen LogP contribution in [0, 0.1) is 0 Å². The van der Waals surface area contributed by atoms with Gasteiger partial charge in [0.15, 0.2) is 11.2 Å². The summed E-state index contributed by atoms with van der Waals surface area (Å²) in [6, 6.07) is 10.2. The molecule has 0 N–H and O–H groups in total. The van der Waals surface area contributed by atoms with E-state index in [9.17, 15) is 9.59 Å². The van der Waals surface area contributed by atoms with Gasteiger partial charge in [-0.2, -0.15) is 0 Å². The van der Waals surface area contributed by atoms with Crippen molar-refractivity contribution in [3.8, 4) is 0 Å². The lowest BCUT2D eigenvalue weighted by atomic mass is 10.2. The number of hydrogen-bond donors (Lipinski definition) is 0. The summed E-state index contributed by atoms with van der Waals surface area (Å²) >= 11 is 5.95. The highest BCUT2D eigenvalue weighted by Gasteiger charge is 2.23. The number of aromatic nitrogens is 1. The van der Waals surface area contributed by atoms with Gasteiger partial charge < -0.3 is 14.2 Å². The third-order valence-corrected chi connectivity index (χ3v) is 5.48. The number of amides is 1. The van der Waals surface area contributed by atoms with E-state index in [1.807, 2.05) is 24.5 Å². The third-order valence-electron chi connectivity index (χ3n) is 5.24. The summed E-state index contributed by atoms with van der Waals surface area (Å²) in [6.45, 7) is 3.93. The zero-order valence-corrected chi connectivity index (χ0v) is 18.0. The number of fused-ring (bicyclic) bond motifs is 1. The Labute approximate surface area is 185 Å². The van der Waals surface area contributed by atoms with Crippen LogP contribution in [0.2, 0.25) is 5.02 Å². The Morgan fingerprint density at radius 3 is 2.67 bits per heavy atom. The number of hydrogen-bond acceptors (Lipinski definition) is 5. The van der Waals surface area contributed by atoms with Crippen LogP contribution in [0.3, 0.4) is 0 Å². The molecule has 0 radical (unpaired) electrons. The molecule has 3 heterocycles. The highest BCUT2D eigenvalue weighted by molar-refractivity contribution is 6.31. The quantitative estimate of drug-likeness (QED) is 0.610. The van der Waals surface area contributed by atoms with E-state index in [-0.39, 0.29) is 29.5 Å². The van der Waals surface area contributed by atoms with Crippen LogP contribution in [0.5, 0.6) is 0 Å². The lowest BCUT2D eigenvalue weighted by Gasteiger charge is -2.21. The van der Waals surface area contributed by atoms with E-state index in [0.717, 1.165) is 32.5 Å². The fraction of sp³-hybridized carbons (Fsp3) is 0.318. The zero-order chi connectivity index (χ0) is 20.2. The molecule has 0 saturated carbocycles. The molecule has 1 aliphatic rings. The molecule has 1 aromatic carbocycles. The van der Waals surface area contributed by atoms with E-state index in [4.69, 9.17) is 16.0 Å². The van der Waals surface area contributed by atoms with Crippen molar-refractivity contribution in [3.63, 3.8) is 0 Å². The predicted molar refractivity (Wildman–Crippen MR) is 120 cm³/mol. The summed E-state index contributed by atoms with van der Waals surface area (Å²) in [5.41, 5.74) is 1.38. The maximum Gasteiger partial charge on any atom is 0.289 e. The van der Waals surface area contributed by atoms with Crippen LogP contribution >= 0.6 is 24.0 Å². The Bertz CT molecular complexity index is 1070. The van der Waals surface area contributed by atoms with Crippen LogP contribution in [-0.4, -0.2) is 53.4 Å². The normalized spacial score (nSPS) is 14.9. The number of carbonyl (C=O) groups is 1. The molecule has 4 rings (SSSR count). The van der Waals surface area contributed by atoms with Crippen molar-refractivity contribution < 1.29 is 9.21 Å². The maximum atomic E-state index is 12.9. The highest BCUT2D eigenvalue weighted by Crippen LogP contribution is 2.19. The fourth-order valence-corrected chi connectivity index (χ4v) is 3.80. The van der Waals surface area contributed by atoms with E-state index >= 15 is 0 Å². The first kappa shape index (κ1) is 22.3. The van der Waals surface area contributed by atoms with Gasteiger partial charge in [-0.1, -0.05) is 11.6 Å². The Balaban J connectivity index is 0.00000256. The summed E-state index contributed by atoms with van der Waals surface area (Å²) in [4.78, 5) is 33.5. The first-order chi connectivity index (χ1) is 14.1. The van der Waals surface area contributed by atoms with Crippen molar-refractivity contribution in [2.75, 3.05) is 32.7 Å². The number of halogens is 2. The van der Waals surface area contributed by atoms with Crippen molar-refractivity contribution in [1.82, 2.24) is 14.8 Å². The molecular weight excluding hydrogens is 425 g/mol. The zero-order valence-electron chi connectivity index (χ0n) is 16.4. The molecule has 0 atom stereocenters. The van der Waals surface area contributed by atoms with Gasteiger partial charge in [-0.05, 0) is 55.3 Å². The van der Waals surface area contributed by atoms with Crippen LogP contribution in [0.25, 0.3) is 11.0 Å². The monoisotopic (exact) mass is 447 g/mol. The van der Waals surface area contributed by atoms with Gasteiger partial charge in [0, 0.05) is 49.7 Å². The molecule has 1 fully saturated rings. The average molecular weight is 448 g/mol. The molecule has 1 saturated heterocycles. The highest BCUT2D eigenvalue weighted by atomic mass is 35.5. The topological polar surface area (TPSA) is 66.7 Å². The van der Waals surface area contributed by atoms with Gasteiger partial charge in [-0.3, -0.25) is 14.6 Å². The van der Waals surface area contributed by atoms with E-state index < -0.39 is 0 Å². The maximum absolute atomic E-state index is 12.9. The Morgan fingerprint density at radius 2 is 1.87 bits per heavy atom. The third kappa shape index (κ3) is 5.19. The van der Waals surface area contributed by atoms with Crippen LogP contribution < -0.4 is 5.43 Å². The molecule has 30 heavy (non-hydrogen) atoms. The van der Waals surface area contributed by atoms with Gasteiger partial charge in [0.2, 0.25) is 0 Å². The van der Waals surface area contributed by atoms with Crippen LogP contribution in [-0.2, 0) is 6.42 Å². The number of nitrogens with zero attached hydrogens (tertiary/aromatic N) is 3. The van der Waals surface area contributed by atoms with Crippen LogP contribution in [0.15, 0.2) is 58.0 Å². The molecule has 3 aromatic rings. The molecule has 2 aromatic heterocycles. The van der Waals surface area contributed by atoms with Crippen molar-refractivity contribution in [2.45, 2.75) is 12.8 Å². The molecule has 0 spiro atoms. The van der Waals surface area contributed by atoms with E-state index in [2.05, 4.69) is 9.88 Å². The lowest BCUT2D eigenvalue weighted by Crippen LogP contribution is -2.36. The number of benzene rings is 1. The minimum Gasteiger partial charge on any atom is -0.451 e. The lowest BCUT2D eigenvalue weighted by molar-refractivity contribution is 0.0730. The SMILES string of the molecule is Cl.O=C(c1cc(=O)c2cc(Cl)ccc2o1)N1CCCN(CCc2ccncc2)CC1. The first-order valence-corrected chi connectivity index (χ1v) is 10.1. The van der Waals surface area contributed by atoms with Crippen LogP contribution in [0.4, 0.5) is 0 Å². The second-order valence-electron chi connectivity index (χ2n) is 7.21. The van der Waals surface area contributed by atoms with E-state index in [1.54, 1.807) is 23.1 Å². The predicted octanol–water partition coefficient (Wildman–Crippen LogP) is 3.65. The molecule has 1 aliphatic heterocycles. The standard InChI is InChI=1S/C22H22ClN3O3.ClH/c23-17-2-3-20-18(14-17)19(27)15-21(29-20)22(28)26-10-1-9-25(12-13-26)11-6-16-4-7-24-8-5-16;/h2-5,7-8,14-15H,1,6,9-13H2;1H. The molecule has 0 unspecified atom stereocenters. The Kier molecular flexibility index (Phi) is 7.48. The second-order valence-corrected chi connectivity index (χ2v) is 7.64. The molecular formula is C22H23Cl2N3O3. The molecule has 158 valence electrons. The van der Waals surface area contributed by atoms with Gasteiger partial charge in [0.1, 0.15) is 5.58 Å². The summed E-state index contributed by atoms with van der Waals surface area (Å²) in [5, 5.41) is 0.843. The summed E-state index contributed by atoms with van der Waals surface area (Å²) in [7, 11) is 0. The average Bonchev–Trinajstić information content (AvgIpc) is 2.98. The fourth-order valence-electron chi connectivity index (χ4n) is 3.62. The van der Waals surface area contributed by atoms with Crippen molar-refractivity contribution >= 4 is 40.9 Å². The molecule has 0 bridgehead atoms. The minimum absolute atomic E-state index is 0. The molecule has 6 nitrogen and oxygen atoms in total. The summed E-state index contributed by atoms with van der Waals surface area (Å²) < 4.78 is 5.72. The number of rotatable bonds is 4. The van der Waals surface area contributed by atoms with Gasteiger partial charge >= 0.3 is 0 Å². The van der Waals surface area contributed by atoms with Gasteiger partial charge in [-0.15, -0.1) is 12.4 Å². The van der Waals surface area contributed by atoms with Gasteiger partial charge in [0.25, 0.3) is 5.91 Å². The van der Waals surface area contributed by atoms with E-state index in [0.29, 0.717) is 29.1 Å². The minimum atomic E-state index is -0.258. The van der Waals surface area contributed by atoms with Crippen LogP contribution in [0.1, 0.15) is 22.5 Å². The largest absolute Gasteiger partial charge is 0.451 e. The Hall–Kier alpha value is -2.41. The summed E-state index contributed by atoms with van der Waals surface area (Å²) in [5.74, 6) is -0.162. The summed E-state index contributed by atoms with van der Waals surface area (Å²) in [6.07, 6.45) is 5.46. The van der Waals surface area contributed by atoms with E-state index in [1.165, 1.54) is 11.6 Å². The second kappa shape index (κ2) is 10.1. The molecule has 1 amide bonds. The van der Waals surface area contributed by atoms with Crippen molar-refractivity contribution in [3.05, 3.63) is 75.4 Å². The molecule has 8 heteroatoms.